The van der Waals surface area contributed by atoms with E-state index in [1.807, 2.05) is 0 Å². The van der Waals surface area contributed by atoms with Gasteiger partial charge in [-0.2, -0.15) is 0 Å². The summed E-state index contributed by atoms with van der Waals surface area (Å²) in [6.07, 6.45) is 0.875. The Morgan fingerprint density at radius 2 is 1.59 bits per heavy atom. The number of nitrogens with one attached hydrogen (secondary N) is 1. The highest BCUT2D eigenvalue weighted by atomic mass is 35.5. The Morgan fingerprint density at radius 3 is 2.17 bits per heavy atom. The van der Waals surface area contributed by atoms with Crippen LogP contribution in [0.15, 0.2) is 24.3 Å². The summed E-state index contributed by atoms with van der Waals surface area (Å²) in [5.74, 6) is 1.70. The summed E-state index contributed by atoms with van der Waals surface area (Å²) in [6, 6.07) is 6.26. The average molecular weight is 442 g/mol. The largest absolute Gasteiger partial charge is 0.495 e. The molecule has 6 nitrogen and oxygen atoms in total. The Balaban J connectivity index is 2.28. The first-order chi connectivity index (χ1) is 13.8. The highest BCUT2D eigenvalue weighted by Gasteiger charge is 2.18. The van der Waals surface area contributed by atoms with Crippen LogP contribution in [0, 0.1) is 5.92 Å². The van der Waals surface area contributed by atoms with Crippen molar-refractivity contribution >= 4 is 34.8 Å². The first-order valence-corrected chi connectivity index (χ1v) is 9.79. The van der Waals surface area contributed by atoms with Crippen molar-refractivity contribution in [1.82, 2.24) is 0 Å². The van der Waals surface area contributed by atoms with Gasteiger partial charge < -0.3 is 24.3 Å². The first-order valence-electron chi connectivity index (χ1n) is 9.03. The summed E-state index contributed by atoms with van der Waals surface area (Å²) in [5.41, 5.74) is 0.713. The summed E-state index contributed by atoms with van der Waals surface area (Å²) in [6.45, 7) is 4.71. The third-order valence-corrected chi connectivity index (χ3v) is 4.73. The number of amides is 1. The van der Waals surface area contributed by atoms with E-state index >= 15 is 0 Å². The summed E-state index contributed by atoms with van der Waals surface area (Å²) in [4.78, 5) is 12.8. The molecule has 158 valence electrons. The SMILES string of the molecule is COc1cc(NC(=O)c2cc(Cl)c(OCCC(C)C)c(OC)c2)c(OC)cc1Cl. The van der Waals surface area contributed by atoms with Crippen molar-refractivity contribution in [3.8, 4) is 23.0 Å². The zero-order valence-electron chi connectivity index (χ0n) is 17.1. The molecule has 2 aromatic carbocycles. The molecule has 0 fully saturated rings. The number of hydrogen-bond acceptors (Lipinski definition) is 5. The molecule has 0 aliphatic rings. The standard InChI is InChI=1S/C21H25Cl2NO5/c1-12(2)6-7-29-20-15(23)8-13(9-19(20)28-5)21(25)24-16-11-17(26-3)14(22)10-18(16)27-4/h8-12H,6-7H2,1-5H3,(H,24,25). The van der Waals surface area contributed by atoms with E-state index in [4.69, 9.17) is 42.1 Å². The van der Waals surface area contributed by atoms with Gasteiger partial charge in [0, 0.05) is 17.7 Å². The Bertz CT molecular complexity index is 871. The molecule has 2 rings (SSSR count). The van der Waals surface area contributed by atoms with E-state index in [1.165, 1.54) is 27.4 Å². The quantitative estimate of drug-likeness (QED) is 0.540. The number of methoxy groups -OCH3 is 3. The number of rotatable bonds is 9. The van der Waals surface area contributed by atoms with Crippen molar-refractivity contribution in [2.45, 2.75) is 20.3 Å². The molecule has 0 heterocycles. The van der Waals surface area contributed by atoms with Gasteiger partial charge in [0.15, 0.2) is 11.5 Å². The maximum absolute atomic E-state index is 12.8. The maximum Gasteiger partial charge on any atom is 0.255 e. The highest BCUT2D eigenvalue weighted by Crippen LogP contribution is 2.38. The van der Waals surface area contributed by atoms with Gasteiger partial charge >= 0.3 is 0 Å². The Kier molecular flexibility index (Phi) is 8.29. The lowest BCUT2D eigenvalue weighted by Gasteiger charge is -2.16. The van der Waals surface area contributed by atoms with Crippen LogP contribution >= 0.6 is 23.2 Å². The molecule has 0 aliphatic carbocycles. The van der Waals surface area contributed by atoms with Crippen LogP contribution in [0.25, 0.3) is 0 Å². The average Bonchev–Trinajstić information content (AvgIpc) is 2.69. The molecule has 2 aromatic rings. The second-order valence-corrected chi connectivity index (χ2v) is 7.48. The van der Waals surface area contributed by atoms with E-state index in [0.717, 1.165) is 6.42 Å². The number of halogens is 2. The third kappa shape index (κ3) is 5.84. The molecule has 1 amide bonds. The van der Waals surface area contributed by atoms with Crippen LogP contribution in [-0.4, -0.2) is 33.8 Å². The van der Waals surface area contributed by atoms with Crippen molar-refractivity contribution in [3.63, 3.8) is 0 Å². The highest BCUT2D eigenvalue weighted by molar-refractivity contribution is 6.33. The van der Waals surface area contributed by atoms with Crippen molar-refractivity contribution in [2.24, 2.45) is 5.92 Å². The second-order valence-electron chi connectivity index (χ2n) is 6.66. The number of anilines is 1. The van der Waals surface area contributed by atoms with Crippen molar-refractivity contribution in [3.05, 3.63) is 39.9 Å². The van der Waals surface area contributed by atoms with Crippen LogP contribution in [0.1, 0.15) is 30.6 Å². The molecule has 1 N–H and O–H groups in total. The molecule has 0 spiro atoms. The molecule has 29 heavy (non-hydrogen) atoms. The van der Waals surface area contributed by atoms with Gasteiger partial charge in [0.25, 0.3) is 5.91 Å². The Morgan fingerprint density at radius 1 is 0.931 bits per heavy atom. The normalized spacial score (nSPS) is 10.6. The lowest BCUT2D eigenvalue weighted by molar-refractivity contribution is 0.102. The Labute approximate surface area is 181 Å². The van der Waals surface area contributed by atoms with E-state index in [9.17, 15) is 4.79 Å². The molecular formula is C21H25Cl2NO5. The third-order valence-electron chi connectivity index (χ3n) is 4.16. The maximum atomic E-state index is 12.8. The molecular weight excluding hydrogens is 417 g/mol. The summed E-state index contributed by atoms with van der Waals surface area (Å²) in [5, 5.41) is 3.44. The molecule has 0 radical (unpaired) electrons. The zero-order chi connectivity index (χ0) is 21.6. The lowest BCUT2D eigenvalue weighted by Crippen LogP contribution is -2.13. The summed E-state index contributed by atoms with van der Waals surface area (Å²) in [7, 11) is 4.47. The van der Waals surface area contributed by atoms with Crippen LogP contribution in [-0.2, 0) is 0 Å². The second kappa shape index (κ2) is 10.5. The van der Waals surface area contributed by atoms with Crippen molar-refractivity contribution in [1.29, 1.82) is 0 Å². The number of ether oxygens (including phenoxy) is 4. The van der Waals surface area contributed by atoms with Crippen LogP contribution in [0.2, 0.25) is 10.0 Å². The fraction of sp³-hybridized carbons (Fsp3) is 0.381. The molecule has 0 saturated carbocycles. The van der Waals surface area contributed by atoms with E-state index < -0.39 is 5.91 Å². The van der Waals surface area contributed by atoms with E-state index in [0.29, 0.717) is 56.8 Å². The van der Waals surface area contributed by atoms with Crippen LogP contribution in [0.5, 0.6) is 23.0 Å². The first kappa shape index (κ1) is 23.0. The molecule has 0 unspecified atom stereocenters. The predicted molar refractivity (Wildman–Crippen MR) is 115 cm³/mol. The molecule has 0 saturated heterocycles. The van der Waals surface area contributed by atoms with Crippen LogP contribution in [0.3, 0.4) is 0 Å². The van der Waals surface area contributed by atoms with Gasteiger partial charge in [0.2, 0.25) is 0 Å². The zero-order valence-corrected chi connectivity index (χ0v) is 18.6. The lowest BCUT2D eigenvalue weighted by atomic mass is 10.1. The summed E-state index contributed by atoms with van der Waals surface area (Å²) >= 11 is 12.5. The molecule has 8 heteroatoms. The number of benzene rings is 2. The molecule has 0 atom stereocenters. The minimum Gasteiger partial charge on any atom is -0.495 e. The number of hydrogen-bond donors (Lipinski definition) is 1. The topological polar surface area (TPSA) is 66.0 Å². The minimum absolute atomic E-state index is 0.291. The van der Waals surface area contributed by atoms with Gasteiger partial charge in [-0.15, -0.1) is 0 Å². The summed E-state index contributed by atoms with van der Waals surface area (Å²) < 4.78 is 21.6. The smallest absolute Gasteiger partial charge is 0.255 e. The van der Waals surface area contributed by atoms with Gasteiger partial charge in [-0.1, -0.05) is 37.0 Å². The van der Waals surface area contributed by atoms with Gasteiger partial charge in [-0.05, 0) is 24.5 Å². The van der Waals surface area contributed by atoms with Crippen molar-refractivity contribution < 1.29 is 23.7 Å². The molecule has 0 aliphatic heterocycles. The minimum atomic E-state index is -0.401. The fourth-order valence-corrected chi connectivity index (χ4v) is 3.04. The van der Waals surface area contributed by atoms with Gasteiger partial charge in [-0.25, -0.2) is 0 Å². The van der Waals surface area contributed by atoms with E-state index in [2.05, 4.69) is 19.2 Å². The van der Waals surface area contributed by atoms with Crippen LogP contribution in [0.4, 0.5) is 5.69 Å². The van der Waals surface area contributed by atoms with E-state index in [-0.39, 0.29) is 0 Å². The fourth-order valence-electron chi connectivity index (χ4n) is 2.54. The molecule has 0 bridgehead atoms. The predicted octanol–water partition coefficient (Wildman–Crippen LogP) is 5.70. The molecule has 0 aromatic heterocycles. The van der Waals surface area contributed by atoms with Gasteiger partial charge in [-0.3, -0.25) is 4.79 Å². The van der Waals surface area contributed by atoms with Gasteiger partial charge in [0.05, 0.1) is 43.7 Å². The number of carbonyl (C=O) groups is 1. The van der Waals surface area contributed by atoms with Crippen molar-refractivity contribution in [2.75, 3.05) is 33.3 Å². The van der Waals surface area contributed by atoms with E-state index in [1.54, 1.807) is 18.2 Å². The number of carbonyl (C=O) groups excluding carboxylic acids is 1. The Hall–Kier alpha value is -2.31. The van der Waals surface area contributed by atoms with Gasteiger partial charge in [0.1, 0.15) is 11.5 Å². The van der Waals surface area contributed by atoms with Crippen LogP contribution < -0.4 is 24.3 Å². The monoisotopic (exact) mass is 441 g/mol.